The van der Waals surface area contributed by atoms with Crippen LogP contribution in [0.3, 0.4) is 0 Å². The Kier molecular flexibility index (Phi) is 6.35. The minimum atomic E-state index is -3.89. The second-order valence-corrected chi connectivity index (χ2v) is 10.9. The SMILES string of the molecule is CCc1ccc2c(c1)c(-c1ccc[nH]c1=O)c(C(=O)NS(C)(=O)=O)n2Cc1cc2ccccc2nc1Cl. The summed E-state index contributed by atoms with van der Waals surface area (Å²) in [6, 6.07) is 18.4. The number of amides is 1. The summed E-state index contributed by atoms with van der Waals surface area (Å²) in [5.41, 5.74) is 3.25. The van der Waals surface area contributed by atoms with Crippen LogP contribution in [0.4, 0.5) is 0 Å². The van der Waals surface area contributed by atoms with Gasteiger partial charge in [0.25, 0.3) is 11.5 Å². The van der Waals surface area contributed by atoms with Gasteiger partial charge in [-0.05, 0) is 48.4 Å². The smallest absolute Gasteiger partial charge is 0.282 e. The van der Waals surface area contributed by atoms with Crippen molar-refractivity contribution in [1.82, 2.24) is 19.3 Å². The number of aromatic amines is 1. The molecule has 0 fully saturated rings. The molecule has 188 valence electrons. The topological polar surface area (TPSA) is 114 Å². The maximum atomic E-state index is 13.5. The molecule has 0 spiro atoms. The van der Waals surface area contributed by atoms with Crippen LogP contribution in [0.2, 0.25) is 5.15 Å². The van der Waals surface area contributed by atoms with E-state index < -0.39 is 21.5 Å². The predicted octanol–water partition coefficient (Wildman–Crippen LogP) is 4.50. The number of benzene rings is 2. The number of aromatic nitrogens is 3. The van der Waals surface area contributed by atoms with Crippen LogP contribution in [-0.4, -0.2) is 35.1 Å². The van der Waals surface area contributed by atoms with Crippen LogP contribution in [-0.2, 0) is 23.0 Å². The van der Waals surface area contributed by atoms with Gasteiger partial charge in [0, 0.05) is 39.2 Å². The van der Waals surface area contributed by atoms with Gasteiger partial charge in [0.1, 0.15) is 10.8 Å². The molecular weight excluding hydrogens is 512 g/mol. The maximum Gasteiger partial charge on any atom is 0.282 e. The number of carbonyl (C=O) groups is 1. The lowest BCUT2D eigenvalue weighted by molar-refractivity contribution is 0.0974. The second kappa shape index (κ2) is 9.49. The molecule has 0 atom stereocenters. The van der Waals surface area contributed by atoms with Crippen LogP contribution in [0.5, 0.6) is 0 Å². The number of carbonyl (C=O) groups excluding carboxylic acids is 1. The third kappa shape index (κ3) is 4.75. The van der Waals surface area contributed by atoms with E-state index in [1.807, 2.05) is 55.5 Å². The fraction of sp³-hybridized carbons (Fsp3) is 0.148. The van der Waals surface area contributed by atoms with Crippen LogP contribution < -0.4 is 10.3 Å². The van der Waals surface area contributed by atoms with Gasteiger partial charge in [0.2, 0.25) is 10.0 Å². The van der Waals surface area contributed by atoms with Crippen molar-refractivity contribution in [3.8, 4) is 11.1 Å². The number of hydrogen-bond donors (Lipinski definition) is 2. The lowest BCUT2D eigenvalue weighted by atomic mass is 10.0. The molecule has 0 radical (unpaired) electrons. The summed E-state index contributed by atoms with van der Waals surface area (Å²) in [6.07, 6.45) is 3.14. The molecule has 0 aliphatic heterocycles. The molecule has 3 heterocycles. The Bertz CT molecular complexity index is 1860. The zero-order chi connectivity index (χ0) is 26.3. The fourth-order valence-corrected chi connectivity index (χ4v) is 5.19. The highest BCUT2D eigenvalue weighted by Gasteiger charge is 2.27. The highest BCUT2D eigenvalue weighted by Crippen LogP contribution is 2.36. The molecule has 0 aliphatic carbocycles. The van der Waals surface area contributed by atoms with E-state index in [0.717, 1.165) is 29.1 Å². The summed E-state index contributed by atoms with van der Waals surface area (Å²) < 4.78 is 27.9. The van der Waals surface area contributed by atoms with E-state index in [1.165, 1.54) is 6.20 Å². The average Bonchev–Trinajstić information content (AvgIpc) is 3.17. The van der Waals surface area contributed by atoms with Gasteiger partial charge in [0.15, 0.2) is 0 Å². The zero-order valence-electron chi connectivity index (χ0n) is 20.1. The van der Waals surface area contributed by atoms with E-state index in [0.29, 0.717) is 22.0 Å². The molecule has 2 N–H and O–H groups in total. The van der Waals surface area contributed by atoms with E-state index in [9.17, 15) is 18.0 Å². The summed E-state index contributed by atoms with van der Waals surface area (Å²) in [4.78, 5) is 33.6. The normalized spacial score (nSPS) is 11.8. The lowest BCUT2D eigenvalue weighted by Crippen LogP contribution is -2.32. The number of H-pyrrole nitrogens is 1. The van der Waals surface area contributed by atoms with Crippen molar-refractivity contribution in [3.63, 3.8) is 0 Å². The van der Waals surface area contributed by atoms with Gasteiger partial charge in [0.05, 0.1) is 18.3 Å². The second-order valence-electron chi connectivity index (χ2n) is 8.76. The van der Waals surface area contributed by atoms with E-state index in [1.54, 1.807) is 16.7 Å². The Morgan fingerprint density at radius 2 is 1.89 bits per heavy atom. The van der Waals surface area contributed by atoms with Gasteiger partial charge < -0.3 is 9.55 Å². The van der Waals surface area contributed by atoms with Gasteiger partial charge in [-0.1, -0.05) is 42.8 Å². The van der Waals surface area contributed by atoms with E-state index >= 15 is 0 Å². The number of nitrogens with one attached hydrogen (secondary N) is 2. The summed E-state index contributed by atoms with van der Waals surface area (Å²) in [5.74, 6) is -0.847. The lowest BCUT2D eigenvalue weighted by Gasteiger charge is -2.14. The Balaban J connectivity index is 1.85. The molecule has 10 heteroatoms. The van der Waals surface area contributed by atoms with E-state index in [-0.39, 0.29) is 23.0 Å². The highest BCUT2D eigenvalue weighted by atomic mass is 35.5. The minimum absolute atomic E-state index is 0.0367. The monoisotopic (exact) mass is 534 g/mol. The van der Waals surface area contributed by atoms with Crippen LogP contribution in [0.1, 0.15) is 28.5 Å². The van der Waals surface area contributed by atoms with Crippen molar-refractivity contribution < 1.29 is 13.2 Å². The van der Waals surface area contributed by atoms with Crippen molar-refractivity contribution >= 4 is 49.3 Å². The molecule has 0 unspecified atom stereocenters. The number of rotatable bonds is 6. The van der Waals surface area contributed by atoms with Crippen molar-refractivity contribution in [2.45, 2.75) is 19.9 Å². The summed E-state index contributed by atoms with van der Waals surface area (Å²) >= 11 is 6.56. The summed E-state index contributed by atoms with van der Waals surface area (Å²) in [7, 11) is -3.89. The molecule has 1 amide bonds. The molecule has 37 heavy (non-hydrogen) atoms. The molecule has 0 bridgehead atoms. The number of fused-ring (bicyclic) bond motifs is 2. The number of aryl methyl sites for hydroxylation is 1. The van der Waals surface area contributed by atoms with Crippen molar-refractivity contribution in [1.29, 1.82) is 0 Å². The molecule has 0 saturated heterocycles. The van der Waals surface area contributed by atoms with E-state index in [4.69, 9.17) is 11.6 Å². The first-order chi connectivity index (χ1) is 17.7. The molecule has 0 aliphatic rings. The largest absolute Gasteiger partial charge is 0.331 e. The number of sulfonamides is 1. The molecule has 8 nitrogen and oxygen atoms in total. The van der Waals surface area contributed by atoms with Crippen molar-refractivity contribution in [2.24, 2.45) is 0 Å². The van der Waals surface area contributed by atoms with Gasteiger partial charge >= 0.3 is 0 Å². The third-order valence-electron chi connectivity index (χ3n) is 6.20. The van der Waals surface area contributed by atoms with Gasteiger partial charge in [-0.25, -0.2) is 18.1 Å². The zero-order valence-corrected chi connectivity index (χ0v) is 21.7. The van der Waals surface area contributed by atoms with Crippen LogP contribution >= 0.6 is 11.6 Å². The number of halogens is 1. The quantitative estimate of drug-likeness (QED) is 0.311. The molecule has 5 aromatic rings. The van der Waals surface area contributed by atoms with Crippen molar-refractivity contribution in [3.05, 3.63) is 99.2 Å². The predicted molar refractivity (Wildman–Crippen MR) is 146 cm³/mol. The number of hydrogen-bond acceptors (Lipinski definition) is 5. The molecule has 3 aromatic heterocycles. The van der Waals surface area contributed by atoms with E-state index in [2.05, 4.69) is 14.7 Å². The average molecular weight is 535 g/mol. The molecule has 5 rings (SSSR count). The number of pyridine rings is 2. The fourth-order valence-electron chi connectivity index (χ4n) is 4.55. The summed E-state index contributed by atoms with van der Waals surface area (Å²) in [5, 5.41) is 1.78. The Morgan fingerprint density at radius 3 is 2.62 bits per heavy atom. The van der Waals surface area contributed by atoms with Crippen LogP contribution in [0.25, 0.3) is 32.9 Å². The third-order valence-corrected chi connectivity index (χ3v) is 7.08. The highest BCUT2D eigenvalue weighted by molar-refractivity contribution is 7.89. The van der Waals surface area contributed by atoms with Crippen LogP contribution in [0, 0.1) is 0 Å². The first kappa shape index (κ1) is 24.7. The number of nitrogens with zero attached hydrogens (tertiary/aromatic N) is 2. The first-order valence-corrected chi connectivity index (χ1v) is 13.8. The Labute approximate surface area is 218 Å². The van der Waals surface area contributed by atoms with Gasteiger partial charge in [-0.15, -0.1) is 0 Å². The minimum Gasteiger partial charge on any atom is -0.331 e. The van der Waals surface area contributed by atoms with Crippen molar-refractivity contribution in [2.75, 3.05) is 6.26 Å². The molecule has 0 saturated carbocycles. The Hall–Kier alpha value is -3.95. The first-order valence-electron chi connectivity index (χ1n) is 11.6. The number of para-hydroxylation sites is 1. The van der Waals surface area contributed by atoms with Gasteiger partial charge in [-0.2, -0.15) is 0 Å². The summed E-state index contributed by atoms with van der Waals surface area (Å²) in [6.45, 7) is 2.13. The Morgan fingerprint density at radius 1 is 1.11 bits per heavy atom. The van der Waals surface area contributed by atoms with Gasteiger partial charge in [-0.3, -0.25) is 9.59 Å². The van der Waals surface area contributed by atoms with Crippen LogP contribution in [0.15, 0.2) is 71.7 Å². The molecular formula is C27H23ClN4O4S. The molecule has 2 aromatic carbocycles. The maximum absolute atomic E-state index is 13.5. The standard InChI is InChI=1S/C27H23ClN4O4S/c1-3-16-10-11-22-20(13-16)23(19-8-6-12-29-26(19)33)24(27(34)31-37(2,35)36)32(22)15-18-14-17-7-4-5-9-21(17)30-25(18)28/h4-14H,3,15H2,1-2H3,(H,29,33)(H,31,34).